The third kappa shape index (κ3) is 3.81. The van der Waals surface area contributed by atoms with Crippen molar-refractivity contribution < 1.29 is 18.0 Å². The van der Waals surface area contributed by atoms with E-state index in [4.69, 9.17) is 0 Å². The van der Waals surface area contributed by atoms with Gasteiger partial charge >= 0.3 is 0 Å². The molecule has 0 aliphatic heterocycles. The van der Waals surface area contributed by atoms with Crippen LogP contribution in [0.3, 0.4) is 0 Å². The summed E-state index contributed by atoms with van der Waals surface area (Å²) in [6.07, 6.45) is 0.491. The summed E-state index contributed by atoms with van der Waals surface area (Å²) in [4.78, 5) is 12.0. The van der Waals surface area contributed by atoms with Gasteiger partial charge in [0.25, 0.3) is 0 Å². The van der Waals surface area contributed by atoms with E-state index in [0.29, 0.717) is 22.9 Å². The van der Waals surface area contributed by atoms with Crippen LogP contribution in [0.4, 0.5) is 13.2 Å². The third-order valence-electron chi connectivity index (χ3n) is 3.48. The van der Waals surface area contributed by atoms with Crippen molar-refractivity contribution in [3.63, 3.8) is 0 Å². The van der Waals surface area contributed by atoms with E-state index in [2.05, 4.69) is 15.9 Å². The number of halogens is 4. The number of Topliss-reactive ketones (excluding diaryl/α,β-unsaturated/α-hetero) is 1. The predicted octanol–water partition coefficient (Wildman–Crippen LogP) is 4.53. The molecule has 1 aliphatic carbocycles. The zero-order valence-electron chi connectivity index (χ0n) is 10.3. The van der Waals surface area contributed by atoms with E-state index < -0.39 is 17.7 Å². The van der Waals surface area contributed by atoms with Crippen LogP contribution in [0.2, 0.25) is 0 Å². The Balaban J connectivity index is 2.04. The Morgan fingerprint density at radius 2 is 2.16 bits per heavy atom. The zero-order valence-corrected chi connectivity index (χ0v) is 11.9. The van der Waals surface area contributed by atoms with Crippen molar-refractivity contribution in [2.75, 3.05) is 0 Å². The molecule has 0 radical (unpaired) electrons. The van der Waals surface area contributed by atoms with Crippen LogP contribution >= 0.6 is 15.9 Å². The molecule has 0 amide bonds. The third-order valence-corrected chi connectivity index (χ3v) is 4.21. The highest BCUT2D eigenvalue weighted by Crippen LogP contribution is 2.37. The highest BCUT2D eigenvalue weighted by molar-refractivity contribution is 9.10. The van der Waals surface area contributed by atoms with Gasteiger partial charge in [0.05, 0.1) is 0 Å². The number of benzene rings is 1. The first kappa shape index (κ1) is 14.6. The summed E-state index contributed by atoms with van der Waals surface area (Å²) in [6.45, 7) is 0. The fourth-order valence-corrected chi connectivity index (χ4v) is 2.93. The first-order valence-electron chi connectivity index (χ1n) is 6.22. The molecule has 1 nitrogen and oxygen atoms in total. The Bertz CT molecular complexity index is 488. The largest absolute Gasteiger partial charge is 0.299 e. The molecule has 1 aliphatic rings. The summed E-state index contributed by atoms with van der Waals surface area (Å²) in [5.74, 6) is -3.89. The van der Waals surface area contributed by atoms with Crippen molar-refractivity contribution in [2.45, 2.75) is 38.0 Å². The van der Waals surface area contributed by atoms with Crippen molar-refractivity contribution in [3.05, 3.63) is 34.1 Å². The number of hydrogen-bond acceptors (Lipinski definition) is 1. The molecule has 1 unspecified atom stereocenters. The summed E-state index contributed by atoms with van der Waals surface area (Å²) < 4.78 is 40.0. The maximum atomic E-state index is 13.3. The Labute approximate surface area is 118 Å². The second-order valence-electron chi connectivity index (χ2n) is 5.03. The van der Waals surface area contributed by atoms with E-state index in [0.717, 1.165) is 0 Å². The molecule has 1 atom stereocenters. The van der Waals surface area contributed by atoms with Gasteiger partial charge in [0.1, 0.15) is 11.6 Å². The highest BCUT2D eigenvalue weighted by Gasteiger charge is 2.38. The topological polar surface area (TPSA) is 17.1 Å². The summed E-state index contributed by atoms with van der Waals surface area (Å²) >= 11 is 3.18. The van der Waals surface area contributed by atoms with Crippen molar-refractivity contribution in [1.82, 2.24) is 0 Å². The number of hydrogen-bond donors (Lipinski definition) is 0. The van der Waals surface area contributed by atoms with Gasteiger partial charge in [-0.05, 0) is 30.5 Å². The van der Waals surface area contributed by atoms with Gasteiger partial charge in [0, 0.05) is 29.7 Å². The molecule has 0 aromatic heterocycles. The fourth-order valence-electron chi connectivity index (χ4n) is 2.44. The molecule has 0 bridgehead atoms. The Hall–Kier alpha value is -0.840. The lowest BCUT2D eigenvalue weighted by atomic mass is 9.82. The van der Waals surface area contributed by atoms with Gasteiger partial charge in [-0.25, -0.2) is 13.2 Å². The molecule has 1 aromatic carbocycles. The predicted molar refractivity (Wildman–Crippen MR) is 69.7 cm³/mol. The van der Waals surface area contributed by atoms with Gasteiger partial charge in [0.2, 0.25) is 5.92 Å². The average molecular weight is 335 g/mol. The molecule has 1 saturated carbocycles. The molecular weight excluding hydrogens is 321 g/mol. The van der Waals surface area contributed by atoms with Crippen LogP contribution in [0, 0.1) is 11.7 Å². The lowest BCUT2D eigenvalue weighted by molar-refractivity contribution is -0.129. The minimum Gasteiger partial charge on any atom is -0.299 e. The lowest BCUT2D eigenvalue weighted by Gasteiger charge is -2.28. The SMILES string of the molecule is O=C(Cc1ccc(F)cc1Br)C1CCCC(F)(F)C1. The minimum atomic E-state index is -2.72. The number of alkyl halides is 2. The molecule has 2 rings (SSSR count). The summed E-state index contributed by atoms with van der Waals surface area (Å²) in [6, 6.07) is 4.05. The van der Waals surface area contributed by atoms with Gasteiger partial charge in [-0.15, -0.1) is 0 Å². The molecule has 0 heterocycles. The van der Waals surface area contributed by atoms with E-state index in [1.165, 1.54) is 18.2 Å². The monoisotopic (exact) mass is 334 g/mol. The molecule has 104 valence electrons. The minimum absolute atomic E-state index is 0.0710. The second-order valence-corrected chi connectivity index (χ2v) is 5.88. The highest BCUT2D eigenvalue weighted by atomic mass is 79.9. The van der Waals surface area contributed by atoms with E-state index >= 15 is 0 Å². The Morgan fingerprint density at radius 1 is 1.42 bits per heavy atom. The Kier molecular flexibility index (Phi) is 4.33. The molecule has 0 N–H and O–H groups in total. The number of rotatable bonds is 3. The van der Waals surface area contributed by atoms with Crippen LogP contribution in [0.1, 0.15) is 31.2 Å². The van der Waals surface area contributed by atoms with Gasteiger partial charge in [-0.2, -0.15) is 0 Å². The van der Waals surface area contributed by atoms with Crippen LogP contribution < -0.4 is 0 Å². The van der Waals surface area contributed by atoms with Gasteiger partial charge in [0.15, 0.2) is 0 Å². The summed E-state index contributed by atoms with van der Waals surface area (Å²) in [5.41, 5.74) is 0.639. The van der Waals surface area contributed by atoms with E-state index in [9.17, 15) is 18.0 Å². The fraction of sp³-hybridized carbons (Fsp3) is 0.500. The van der Waals surface area contributed by atoms with Crippen LogP contribution in [0.15, 0.2) is 22.7 Å². The van der Waals surface area contributed by atoms with Crippen LogP contribution in [0.5, 0.6) is 0 Å². The first-order valence-corrected chi connectivity index (χ1v) is 7.01. The van der Waals surface area contributed by atoms with Gasteiger partial charge < -0.3 is 0 Å². The number of ketones is 1. The normalized spacial score (nSPS) is 22.2. The first-order chi connectivity index (χ1) is 8.87. The quantitative estimate of drug-likeness (QED) is 0.793. The van der Waals surface area contributed by atoms with Crippen molar-refractivity contribution in [1.29, 1.82) is 0 Å². The molecule has 1 aromatic rings. The van der Waals surface area contributed by atoms with Gasteiger partial charge in [-0.1, -0.05) is 22.0 Å². The van der Waals surface area contributed by atoms with Crippen LogP contribution in [-0.4, -0.2) is 11.7 Å². The van der Waals surface area contributed by atoms with Crippen molar-refractivity contribution >= 4 is 21.7 Å². The molecular formula is C14H14BrF3O. The Morgan fingerprint density at radius 3 is 2.79 bits per heavy atom. The standard InChI is InChI=1S/C14H14BrF3O/c15-12-7-11(16)4-3-9(12)6-13(19)10-2-1-5-14(17,18)8-10/h3-4,7,10H,1-2,5-6,8H2. The van der Waals surface area contributed by atoms with Crippen LogP contribution in [0.25, 0.3) is 0 Å². The molecule has 5 heteroatoms. The van der Waals surface area contributed by atoms with Crippen LogP contribution in [-0.2, 0) is 11.2 Å². The second kappa shape index (κ2) is 5.65. The lowest BCUT2D eigenvalue weighted by Crippen LogP contribution is -2.31. The van der Waals surface area contributed by atoms with Crippen molar-refractivity contribution in [2.24, 2.45) is 5.92 Å². The van der Waals surface area contributed by atoms with E-state index in [-0.39, 0.29) is 25.0 Å². The molecule has 1 fully saturated rings. The maximum Gasteiger partial charge on any atom is 0.248 e. The zero-order chi connectivity index (χ0) is 14.0. The van der Waals surface area contributed by atoms with Gasteiger partial charge in [-0.3, -0.25) is 4.79 Å². The molecule has 0 saturated heterocycles. The molecule has 19 heavy (non-hydrogen) atoms. The number of carbonyl (C=O) groups is 1. The molecule has 0 spiro atoms. The maximum absolute atomic E-state index is 13.3. The smallest absolute Gasteiger partial charge is 0.248 e. The number of carbonyl (C=O) groups excluding carboxylic acids is 1. The van der Waals surface area contributed by atoms with E-state index in [1.807, 2.05) is 0 Å². The summed E-state index contributed by atoms with van der Waals surface area (Å²) in [7, 11) is 0. The van der Waals surface area contributed by atoms with Crippen molar-refractivity contribution in [3.8, 4) is 0 Å². The summed E-state index contributed by atoms with van der Waals surface area (Å²) in [5, 5.41) is 0. The average Bonchev–Trinajstić information content (AvgIpc) is 2.31. The van der Waals surface area contributed by atoms with E-state index in [1.54, 1.807) is 0 Å².